The molecule has 0 aliphatic heterocycles. The molecule has 0 saturated heterocycles. The van der Waals surface area contributed by atoms with E-state index in [1.54, 1.807) is 0 Å². The second-order valence-corrected chi connectivity index (χ2v) is 8.53. The topological polar surface area (TPSA) is 127 Å². The van der Waals surface area contributed by atoms with Gasteiger partial charge in [0.25, 0.3) is 0 Å². The first-order valence-corrected chi connectivity index (χ1v) is 8.91. The molecule has 1 heterocycles. The number of rotatable bonds is 7. The normalized spacial score (nSPS) is 12.8. The van der Waals surface area contributed by atoms with E-state index in [1.165, 1.54) is 7.05 Å². The molecule has 0 unspecified atom stereocenters. The SMILES string of the molecule is CN(CCS(C)(=O)=O)S(=O)(=O)c1cnn(CC(=O)O)c1. The number of hydrogen-bond acceptors (Lipinski definition) is 6. The zero-order chi connectivity index (χ0) is 15.6. The third kappa shape index (κ3) is 4.58. The minimum absolute atomic E-state index is 0.185. The zero-order valence-corrected chi connectivity index (χ0v) is 12.6. The first-order valence-electron chi connectivity index (χ1n) is 5.40. The first-order chi connectivity index (χ1) is 9.02. The smallest absolute Gasteiger partial charge is 0.325 e. The maximum atomic E-state index is 12.1. The third-order valence-corrected chi connectivity index (χ3v) is 5.13. The third-order valence-electron chi connectivity index (χ3n) is 2.39. The molecule has 0 saturated carbocycles. The summed E-state index contributed by atoms with van der Waals surface area (Å²) >= 11 is 0. The zero-order valence-electron chi connectivity index (χ0n) is 10.9. The highest BCUT2D eigenvalue weighted by Crippen LogP contribution is 2.13. The lowest BCUT2D eigenvalue weighted by Crippen LogP contribution is -2.31. The van der Waals surface area contributed by atoms with Crippen LogP contribution >= 0.6 is 0 Å². The van der Waals surface area contributed by atoms with Gasteiger partial charge in [-0.15, -0.1) is 0 Å². The van der Waals surface area contributed by atoms with E-state index in [0.29, 0.717) is 0 Å². The molecule has 1 N–H and O–H groups in total. The van der Waals surface area contributed by atoms with E-state index in [1.807, 2.05) is 0 Å². The molecule has 11 heteroatoms. The van der Waals surface area contributed by atoms with Crippen LogP contribution in [0, 0.1) is 0 Å². The summed E-state index contributed by atoms with van der Waals surface area (Å²) in [5.41, 5.74) is 0. The number of nitrogens with zero attached hydrogens (tertiary/aromatic N) is 3. The Bertz CT molecular complexity index is 691. The molecule has 9 nitrogen and oxygen atoms in total. The van der Waals surface area contributed by atoms with Crippen LogP contribution in [0.1, 0.15) is 0 Å². The molecule has 1 rings (SSSR count). The Morgan fingerprint density at radius 2 is 2.00 bits per heavy atom. The number of sulfonamides is 1. The number of carboxylic acid groups (broad SMARTS) is 1. The number of aliphatic carboxylic acids is 1. The van der Waals surface area contributed by atoms with Crippen molar-refractivity contribution in [1.82, 2.24) is 14.1 Å². The van der Waals surface area contributed by atoms with Gasteiger partial charge in [0.15, 0.2) is 0 Å². The van der Waals surface area contributed by atoms with Gasteiger partial charge < -0.3 is 5.11 Å². The summed E-state index contributed by atoms with van der Waals surface area (Å²) in [4.78, 5) is 10.3. The molecule has 0 aliphatic rings. The molecule has 0 bridgehead atoms. The molecule has 0 amide bonds. The standard InChI is InChI=1S/C9H15N3O6S2/c1-11(3-4-19(2,15)16)20(17,18)8-5-10-12(6-8)7-9(13)14/h5-6H,3-4,7H2,1-2H3,(H,13,14). The fraction of sp³-hybridized carbons (Fsp3) is 0.556. The van der Waals surface area contributed by atoms with Gasteiger partial charge >= 0.3 is 5.97 Å². The van der Waals surface area contributed by atoms with Crippen molar-refractivity contribution in [3.63, 3.8) is 0 Å². The lowest BCUT2D eigenvalue weighted by molar-refractivity contribution is -0.137. The van der Waals surface area contributed by atoms with E-state index in [-0.39, 0.29) is 17.2 Å². The van der Waals surface area contributed by atoms with Crippen LogP contribution in [0.5, 0.6) is 0 Å². The number of sulfone groups is 1. The Morgan fingerprint density at radius 3 is 2.50 bits per heavy atom. The second-order valence-electron chi connectivity index (χ2n) is 4.22. The Morgan fingerprint density at radius 1 is 1.40 bits per heavy atom. The van der Waals surface area contributed by atoms with Crippen LogP contribution in [0.4, 0.5) is 0 Å². The van der Waals surface area contributed by atoms with Gasteiger partial charge in [0.05, 0.1) is 11.9 Å². The van der Waals surface area contributed by atoms with Gasteiger partial charge in [-0.2, -0.15) is 9.40 Å². The average molecular weight is 325 g/mol. The first kappa shape index (κ1) is 16.6. The number of carboxylic acids is 1. The summed E-state index contributed by atoms with van der Waals surface area (Å²) < 4.78 is 48.1. The quantitative estimate of drug-likeness (QED) is 0.655. The molecule has 0 radical (unpaired) electrons. The van der Waals surface area contributed by atoms with Gasteiger partial charge in [-0.05, 0) is 0 Å². The van der Waals surface area contributed by atoms with E-state index in [9.17, 15) is 21.6 Å². The molecule has 0 fully saturated rings. The van der Waals surface area contributed by atoms with Crippen molar-refractivity contribution in [3.8, 4) is 0 Å². The second kappa shape index (κ2) is 5.89. The summed E-state index contributed by atoms with van der Waals surface area (Å²) in [6.45, 7) is -0.645. The van der Waals surface area contributed by atoms with Crippen LogP contribution in [-0.4, -0.2) is 67.6 Å². The van der Waals surface area contributed by atoms with Crippen LogP contribution in [0.3, 0.4) is 0 Å². The van der Waals surface area contributed by atoms with Crippen molar-refractivity contribution in [2.45, 2.75) is 11.4 Å². The van der Waals surface area contributed by atoms with Crippen molar-refractivity contribution in [3.05, 3.63) is 12.4 Å². The Hall–Kier alpha value is -1.46. The fourth-order valence-electron chi connectivity index (χ4n) is 1.30. The summed E-state index contributed by atoms with van der Waals surface area (Å²) in [5.74, 6) is -1.45. The van der Waals surface area contributed by atoms with Crippen molar-refractivity contribution in [2.75, 3.05) is 25.6 Å². The predicted octanol–water partition coefficient (Wildman–Crippen LogP) is -1.37. The minimum Gasteiger partial charge on any atom is -0.480 e. The van der Waals surface area contributed by atoms with Crippen molar-refractivity contribution in [2.24, 2.45) is 0 Å². The van der Waals surface area contributed by atoms with Crippen molar-refractivity contribution < 1.29 is 26.7 Å². The molecule has 1 aromatic rings. The van der Waals surface area contributed by atoms with E-state index in [4.69, 9.17) is 5.11 Å². The molecule has 0 aliphatic carbocycles. The molecule has 0 spiro atoms. The van der Waals surface area contributed by atoms with Gasteiger partial charge in [-0.25, -0.2) is 16.8 Å². The van der Waals surface area contributed by atoms with Crippen LogP contribution < -0.4 is 0 Å². The van der Waals surface area contributed by atoms with Gasteiger partial charge in [-0.1, -0.05) is 0 Å². The van der Waals surface area contributed by atoms with Crippen LogP contribution in [0.25, 0.3) is 0 Å². The summed E-state index contributed by atoms with van der Waals surface area (Å²) in [6, 6.07) is 0. The number of carbonyl (C=O) groups is 1. The highest BCUT2D eigenvalue weighted by atomic mass is 32.2. The molecule has 114 valence electrons. The van der Waals surface area contributed by atoms with Gasteiger partial charge in [0.2, 0.25) is 10.0 Å². The summed E-state index contributed by atoms with van der Waals surface area (Å²) in [6.07, 6.45) is 3.12. The number of hydrogen-bond donors (Lipinski definition) is 1. The average Bonchev–Trinajstić information content (AvgIpc) is 2.72. The number of aromatic nitrogens is 2. The molecule has 1 aromatic heterocycles. The van der Waals surface area contributed by atoms with Gasteiger partial charge in [0.1, 0.15) is 21.3 Å². The van der Waals surface area contributed by atoms with E-state index < -0.39 is 32.4 Å². The summed E-state index contributed by atoms with van der Waals surface area (Å²) in [5, 5.41) is 12.2. The monoisotopic (exact) mass is 325 g/mol. The van der Waals surface area contributed by atoms with E-state index >= 15 is 0 Å². The molecule has 20 heavy (non-hydrogen) atoms. The largest absolute Gasteiger partial charge is 0.480 e. The molecule has 0 aromatic carbocycles. The molecule has 0 atom stereocenters. The minimum atomic E-state index is -3.88. The van der Waals surface area contributed by atoms with Gasteiger partial charge in [0, 0.05) is 26.0 Å². The van der Waals surface area contributed by atoms with Crippen molar-refractivity contribution in [1.29, 1.82) is 0 Å². The maximum absolute atomic E-state index is 12.1. The van der Waals surface area contributed by atoms with Crippen LogP contribution in [0.15, 0.2) is 17.3 Å². The molecular formula is C9H15N3O6S2. The lowest BCUT2D eigenvalue weighted by atomic mass is 10.6. The highest BCUT2D eigenvalue weighted by molar-refractivity contribution is 7.91. The predicted molar refractivity (Wildman–Crippen MR) is 69.4 cm³/mol. The Balaban J connectivity index is 2.87. The van der Waals surface area contributed by atoms with Gasteiger partial charge in [-0.3, -0.25) is 9.48 Å². The van der Waals surface area contributed by atoms with Crippen LogP contribution in [0.2, 0.25) is 0 Å². The van der Waals surface area contributed by atoms with Crippen LogP contribution in [-0.2, 0) is 31.2 Å². The highest BCUT2D eigenvalue weighted by Gasteiger charge is 2.23. The Kier molecular flexibility index (Phi) is 4.89. The van der Waals surface area contributed by atoms with E-state index in [0.717, 1.165) is 27.6 Å². The summed E-state index contributed by atoms with van der Waals surface area (Å²) in [7, 11) is -5.92. The maximum Gasteiger partial charge on any atom is 0.325 e. The van der Waals surface area contributed by atoms with Crippen molar-refractivity contribution >= 4 is 25.8 Å². The molecular weight excluding hydrogens is 310 g/mol. The Labute approximate surface area is 116 Å². The lowest BCUT2D eigenvalue weighted by Gasteiger charge is -2.15. The fourth-order valence-corrected chi connectivity index (χ4v) is 3.15. The van der Waals surface area contributed by atoms with E-state index in [2.05, 4.69) is 5.10 Å².